The van der Waals surface area contributed by atoms with Crippen LogP contribution in [0.2, 0.25) is 0 Å². The van der Waals surface area contributed by atoms with E-state index in [1.54, 1.807) is 20.8 Å². The Morgan fingerprint density at radius 2 is 1.75 bits per heavy atom. The summed E-state index contributed by atoms with van der Waals surface area (Å²) in [4.78, 5) is 21.1. The van der Waals surface area contributed by atoms with E-state index in [9.17, 15) is 9.59 Å². The predicted octanol–water partition coefficient (Wildman–Crippen LogP) is 1.05. The highest BCUT2D eigenvalue weighted by atomic mass is 16.6. The summed E-state index contributed by atoms with van der Waals surface area (Å²) < 4.78 is 4.64. The number of ether oxygens (including phenoxy) is 1. The SMILES string of the molecule is CC(=O)O[C@@H](C(=O)O)C(C)(C)C. The van der Waals surface area contributed by atoms with Crippen LogP contribution in [0.3, 0.4) is 0 Å². The largest absolute Gasteiger partial charge is 0.478 e. The van der Waals surface area contributed by atoms with Crippen LogP contribution in [0.1, 0.15) is 27.7 Å². The monoisotopic (exact) mass is 174 g/mol. The Morgan fingerprint density at radius 3 is 1.83 bits per heavy atom. The average Bonchev–Trinajstić information content (AvgIpc) is 1.79. The average molecular weight is 174 g/mol. The Balaban J connectivity index is 4.46. The highest BCUT2D eigenvalue weighted by Gasteiger charge is 2.33. The fraction of sp³-hybridized carbons (Fsp3) is 0.750. The summed E-state index contributed by atoms with van der Waals surface area (Å²) in [5.74, 6) is -1.69. The topological polar surface area (TPSA) is 63.6 Å². The molecule has 0 aliphatic carbocycles. The van der Waals surface area contributed by atoms with E-state index in [1.165, 1.54) is 6.92 Å². The van der Waals surface area contributed by atoms with Crippen LogP contribution in [0.5, 0.6) is 0 Å². The van der Waals surface area contributed by atoms with Gasteiger partial charge < -0.3 is 9.84 Å². The molecule has 1 N–H and O–H groups in total. The smallest absolute Gasteiger partial charge is 0.345 e. The lowest BCUT2D eigenvalue weighted by Crippen LogP contribution is -2.38. The first-order chi connectivity index (χ1) is 5.25. The van der Waals surface area contributed by atoms with Gasteiger partial charge in [0.25, 0.3) is 0 Å². The van der Waals surface area contributed by atoms with E-state index < -0.39 is 23.5 Å². The van der Waals surface area contributed by atoms with E-state index in [1.807, 2.05) is 0 Å². The van der Waals surface area contributed by atoms with Gasteiger partial charge in [0.1, 0.15) is 0 Å². The summed E-state index contributed by atoms with van der Waals surface area (Å²) in [5.41, 5.74) is -0.572. The van der Waals surface area contributed by atoms with Crippen molar-refractivity contribution in [3.8, 4) is 0 Å². The molecule has 0 aromatic carbocycles. The second kappa shape index (κ2) is 3.56. The van der Waals surface area contributed by atoms with Crippen molar-refractivity contribution in [3.05, 3.63) is 0 Å². The zero-order valence-corrected chi connectivity index (χ0v) is 7.75. The standard InChI is InChI=1S/C8H14O4/c1-5(9)12-6(7(10)11)8(2,3)4/h6H,1-4H3,(H,10,11)/t6-/m0/s1. The minimum atomic E-state index is -1.11. The Kier molecular flexibility index (Phi) is 3.24. The van der Waals surface area contributed by atoms with Crippen LogP contribution < -0.4 is 0 Å². The number of rotatable bonds is 2. The normalized spacial score (nSPS) is 13.7. The molecule has 0 heterocycles. The molecule has 0 aromatic heterocycles. The molecule has 12 heavy (non-hydrogen) atoms. The lowest BCUT2D eigenvalue weighted by Gasteiger charge is -2.25. The Morgan fingerprint density at radius 1 is 1.33 bits per heavy atom. The van der Waals surface area contributed by atoms with Gasteiger partial charge in [-0.25, -0.2) is 4.79 Å². The van der Waals surface area contributed by atoms with Crippen LogP contribution in [0.4, 0.5) is 0 Å². The Bertz CT molecular complexity index is 190. The van der Waals surface area contributed by atoms with Crippen molar-refractivity contribution in [1.29, 1.82) is 0 Å². The molecule has 4 nitrogen and oxygen atoms in total. The van der Waals surface area contributed by atoms with Crippen LogP contribution in [0, 0.1) is 5.41 Å². The summed E-state index contributed by atoms with van der Waals surface area (Å²) in [7, 11) is 0. The minimum absolute atomic E-state index is 0.572. The number of aliphatic carboxylic acids is 1. The van der Waals surface area contributed by atoms with Crippen LogP contribution in [0.25, 0.3) is 0 Å². The maximum Gasteiger partial charge on any atom is 0.345 e. The number of carbonyl (C=O) groups is 2. The highest BCUT2D eigenvalue weighted by Crippen LogP contribution is 2.22. The summed E-state index contributed by atoms with van der Waals surface area (Å²) >= 11 is 0. The van der Waals surface area contributed by atoms with Gasteiger partial charge in [-0.2, -0.15) is 0 Å². The number of carboxylic acid groups (broad SMARTS) is 1. The van der Waals surface area contributed by atoms with Gasteiger partial charge in [-0.3, -0.25) is 4.79 Å². The van der Waals surface area contributed by atoms with E-state index in [0.29, 0.717) is 0 Å². The molecule has 0 fully saturated rings. The van der Waals surface area contributed by atoms with Gasteiger partial charge in [-0.1, -0.05) is 20.8 Å². The zero-order chi connectivity index (χ0) is 9.94. The molecule has 0 unspecified atom stereocenters. The van der Waals surface area contributed by atoms with Crippen LogP contribution in [-0.4, -0.2) is 23.1 Å². The van der Waals surface area contributed by atoms with E-state index in [0.717, 1.165) is 0 Å². The second-order valence-corrected chi connectivity index (χ2v) is 3.69. The van der Waals surface area contributed by atoms with E-state index in [2.05, 4.69) is 4.74 Å². The van der Waals surface area contributed by atoms with Gasteiger partial charge in [0, 0.05) is 12.3 Å². The van der Waals surface area contributed by atoms with Gasteiger partial charge >= 0.3 is 11.9 Å². The third kappa shape index (κ3) is 3.37. The second-order valence-electron chi connectivity index (χ2n) is 3.69. The molecule has 0 rings (SSSR count). The number of hydrogen-bond donors (Lipinski definition) is 1. The molecule has 4 heteroatoms. The van der Waals surface area contributed by atoms with E-state index in [4.69, 9.17) is 5.11 Å². The molecule has 0 aliphatic rings. The quantitative estimate of drug-likeness (QED) is 0.635. The zero-order valence-electron chi connectivity index (χ0n) is 7.75. The molecule has 70 valence electrons. The molecule has 0 bridgehead atoms. The fourth-order valence-electron chi connectivity index (χ4n) is 0.764. The van der Waals surface area contributed by atoms with Crippen LogP contribution in [0.15, 0.2) is 0 Å². The molecule has 0 saturated carbocycles. The third-order valence-corrected chi connectivity index (χ3v) is 1.29. The predicted molar refractivity (Wildman–Crippen MR) is 42.6 cm³/mol. The minimum Gasteiger partial charge on any atom is -0.478 e. The number of carboxylic acids is 1. The van der Waals surface area contributed by atoms with Crippen LogP contribution in [-0.2, 0) is 14.3 Å². The van der Waals surface area contributed by atoms with E-state index in [-0.39, 0.29) is 0 Å². The van der Waals surface area contributed by atoms with Crippen molar-refractivity contribution in [2.45, 2.75) is 33.8 Å². The molecular weight excluding hydrogens is 160 g/mol. The first-order valence-electron chi connectivity index (χ1n) is 3.65. The maximum absolute atomic E-state index is 10.6. The van der Waals surface area contributed by atoms with Crippen molar-refractivity contribution in [3.63, 3.8) is 0 Å². The van der Waals surface area contributed by atoms with Crippen molar-refractivity contribution >= 4 is 11.9 Å². The van der Waals surface area contributed by atoms with Gasteiger partial charge in [-0.05, 0) is 0 Å². The molecule has 0 radical (unpaired) electrons. The lowest BCUT2D eigenvalue weighted by molar-refractivity contribution is -0.170. The summed E-state index contributed by atoms with van der Waals surface area (Å²) in [6, 6.07) is 0. The summed E-state index contributed by atoms with van der Waals surface area (Å²) in [5, 5.41) is 8.68. The first-order valence-corrected chi connectivity index (χ1v) is 3.65. The first kappa shape index (κ1) is 10.9. The third-order valence-electron chi connectivity index (χ3n) is 1.29. The van der Waals surface area contributed by atoms with Crippen LogP contribution >= 0.6 is 0 Å². The van der Waals surface area contributed by atoms with Crippen molar-refractivity contribution in [2.24, 2.45) is 5.41 Å². The Hall–Kier alpha value is -1.06. The highest BCUT2D eigenvalue weighted by molar-refractivity contribution is 5.77. The number of esters is 1. The fourth-order valence-corrected chi connectivity index (χ4v) is 0.764. The molecular formula is C8H14O4. The summed E-state index contributed by atoms with van der Waals surface area (Å²) in [6.45, 7) is 6.31. The van der Waals surface area contributed by atoms with Gasteiger partial charge in [0.2, 0.25) is 6.10 Å². The molecule has 0 aliphatic heterocycles. The molecule has 1 atom stereocenters. The van der Waals surface area contributed by atoms with Crippen molar-refractivity contribution < 1.29 is 19.4 Å². The molecule has 0 saturated heterocycles. The Labute approximate surface area is 71.5 Å². The van der Waals surface area contributed by atoms with Gasteiger partial charge in [-0.15, -0.1) is 0 Å². The van der Waals surface area contributed by atoms with E-state index >= 15 is 0 Å². The summed E-state index contributed by atoms with van der Waals surface area (Å²) in [6.07, 6.45) is -1.07. The number of carbonyl (C=O) groups excluding carboxylic acids is 1. The van der Waals surface area contributed by atoms with Gasteiger partial charge in [0.15, 0.2) is 0 Å². The molecule has 0 aromatic rings. The number of hydrogen-bond acceptors (Lipinski definition) is 3. The van der Waals surface area contributed by atoms with Gasteiger partial charge in [0.05, 0.1) is 0 Å². The van der Waals surface area contributed by atoms with Crippen molar-refractivity contribution in [1.82, 2.24) is 0 Å². The molecule has 0 spiro atoms. The maximum atomic E-state index is 10.6. The van der Waals surface area contributed by atoms with Crippen molar-refractivity contribution in [2.75, 3.05) is 0 Å². The lowest BCUT2D eigenvalue weighted by atomic mass is 9.89. The molecule has 0 amide bonds.